The van der Waals surface area contributed by atoms with Crippen LogP contribution in [0.5, 0.6) is 5.75 Å². The highest BCUT2D eigenvalue weighted by Crippen LogP contribution is 2.23. The van der Waals surface area contributed by atoms with Gasteiger partial charge in [-0.05, 0) is 44.0 Å². The normalized spacial score (nSPS) is 23.9. The first-order valence-corrected chi connectivity index (χ1v) is 9.05. The Bertz CT molecular complexity index is 513. The van der Waals surface area contributed by atoms with Crippen molar-refractivity contribution < 1.29 is 19.1 Å². The Morgan fingerprint density at radius 1 is 1.25 bits per heavy atom. The standard InChI is InChI=1S/C19H28ClNO3/c1-4-5-17-12-18(20)6-7-19(17)23-11-10-22-9-8-21-13-15(2)24-16(3)14-21/h4,6-7,12,15-16H,1,5,8-11,13-14H2,2-3H3/p+1/t15-,16+. The fraction of sp³-hybridized carbons (Fsp3) is 0.579. The van der Waals surface area contributed by atoms with Gasteiger partial charge in [-0.1, -0.05) is 17.7 Å². The van der Waals surface area contributed by atoms with Crippen molar-refractivity contribution in [3.8, 4) is 5.75 Å². The van der Waals surface area contributed by atoms with Crippen LogP contribution in [0.1, 0.15) is 19.4 Å². The first kappa shape index (κ1) is 19.3. The molecule has 0 aliphatic carbocycles. The van der Waals surface area contributed by atoms with Crippen molar-refractivity contribution in [1.29, 1.82) is 0 Å². The fourth-order valence-corrected chi connectivity index (χ4v) is 3.32. The van der Waals surface area contributed by atoms with Gasteiger partial charge in [0.2, 0.25) is 0 Å². The maximum Gasteiger partial charge on any atom is 0.123 e. The molecule has 0 bridgehead atoms. The molecule has 1 heterocycles. The van der Waals surface area contributed by atoms with Gasteiger partial charge in [0.25, 0.3) is 0 Å². The van der Waals surface area contributed by atoms with Crippen LogP contribution in [0.15, 0.2) is 30.9 Å². The van der Waals surface area contributed by atoms with E-state index in [-0.39, 0.29) is 0 Å². The summed E-state index contributed by atoms with van der Waals surface area (Å²) >= 11 is 6.02. The van der Waals surface area contributed by atoms with Gasteiger partial charge in [-0.15, -0.1) is 6.58 Å². The van der Waals surface area contributed by atoms with Crippen LogP contribution in [0, 0.1) is 0 Å². The number of hydrogen-bond acceptors (Lipinski definition) is 3. The second-order valence-corrected chi connectivity index (χ2v) is 6.81. The number of morpholine rings is 1. The number of hydrogen-bond donors (Lipinski definition) is 1. The van der Waals surface area contributed by atoms with Gasteiger partial charge >= 0.3 is 0 Å². The Hall–Kier alpha value is -1.07. The van der Waals surface area contributed by atoms with Gasteiger partial charge in [0.15, 0.2) is 0 Å². The first-order chi connectivity index (χ1) is 11.6. The Morgan fingerprint density at radius 2 is 2.00 bits per heavy atom. The van der Waals surface area contributed by atoms with Crippen LogP contribution < -0.4 is 9.64 Å². The average molecular weight is 355 g/mol. The minimum atomic E-state index is 0.334. The van der Waals surface area contributed by atoms with E-state index in [1.165, 1.54) is 0 Å². The van der Waals surface area contributed by atoms with Crippen molar-refractivity contribution in [1.82, 2.24) is 0 Å². The lowest BCUT2D eigenvalue weighted by Crippen LogP contribution is -3.15. The van der Waals surface area contributed by atoms with Crippen LogP contribution in [0.4, 0.5) is 0 Å². The molecule has 1 N–H and O–H groups in total. The molecule has 1 aromatic carbocycles. The molecule has 0 aromatic heterocycles. The minimum Gasteiger partial charge on any atom is -0.491 e. The monoisotopic (exact) mass is 354 g/mol. The van der Waals surface area contributed by atoms with Gasteiger partial charge < -0.3 is 19.1 Å². The van der Waals surface area contributed by atoms with E-state index in [1.54, 1.807) is 4.90 Å². The number of quaternary nitrogens is 1. The molecule has 0 amide bonds. The summed E-state index contributed by atoms with van der Waals surface area (Å²) in [6.07, 6.45) is 3.26. The smallest absolute Gasteiger partial charge is 0.123 e. The quantitative estimate of drug-likeness (QED) is 0.545. The average Bonchev–Trinajstić information content (AvgIpc) is 2.52. The molecule has 1 aliphatic rings. The summed E-state index contributed by atoms with van der Waals surface area (Å²) < 4.78 is 17.3. The van der Waals surface area contributed by atoms with Crippen LogP contribution >= 0.6 is 11.6 Å². The van der Waals surface area contributed by atoms with Crippen LogP contribution in [0.2, 0.25) is 5.02 Å². The summed E-state index contributed by atoms with van der Waals surface area (Å²) in [4.78, 5) is 1.55. The maximum atomic E-state index is 6.02. The van der Waals surface area contributed by atoms with Crippen molar-refractivity contribution in [3.05, 3.63) is 41.4 Å². The molecule has 0 spiro atoms. The topological polar surface area (TPSA) is 32.1 Å². The van der Waals surface area contributed by atoms with Crippen LogP contribution in [0.3, 0.4) is 0 Å². The second kappa shape index (κ2) is 10.0. The van der Waals surface area contributed by atoms with Crippen molar-refractivity contribution in [2.24, 2.45) is 0 Å². The van der Waals surface area contributed by atoms with E-state index in [2.05, 4.69) is 20.4 Å². The predicted octanol–water partition coefficient (Wildman–Crippen LogP) is 2.16. The molecular formula is C19H29ClNO3+. The van der Waals surface area contributed by atoms with Crippen molar-refractivity contribution in [2.75, 3.05) is 39.5 Å². The number of allylic oxidation sites excluding steroid dienone is 1. The molecule has 1 unspecified atom stereocenters. The molecule has 3 atom stereocenters. The van der Waals surface area contributed by atoms with E-state index in [4.69, 9.17) is 25.8 Å². The number of benzene rings is 1. The van der Waals surface area contributed by atoms with E-state index in [0.29, 0.717) is 30.4 Å². The predicted molar refractivity (Wildman–Crippen MR) is 97.2 cm³/mol. The van der Waals surface area contributed by atoms with E-state index < -0.39 is 0 Å². The minimum absolute atomic E-state index is 0.334. The molecule has 0 radical (unpaired) electrons. The largest absolute Gasteiger partial charge is 0.491 e. The zero-order valence-electron chi connectivity index (χ0n) is 14.7. The fourth-order valence-electron chi connectivity index (χ4n) is 3.13. The molecule has 134 valence electrons. The molecule has 1 aromatic rings. The summed E-state index contributed by atoms with van der Waals surface area (Å²) in [7, 11) is 0. The van der Waals surface area contributed by atoms with Gasteiger partial charge in [-0.2, -0.15) is 0 Å². The second-order valence-electron chi connectivity index (χ2n) is 6.37. The first-order valence-electron chi connectivity index (χ1n) is 8.67. The van der Waals surface area contributed by atoms with Crippen molar-refractivity contribution in [3.63, 3.8) is 0 Å². The third-order valence-corrected chi connectivity index (χ3v) is 4.32. The molecule has 24 heavy (non-hydrogen) atoms. The summed E-state index contributed by atoms with van der Waals surface area (Å²) in [6.45, 7) is 13.0. The molecule has 4 nitrogen and oxygen atoms in total. The van der Waals surface area contributed by atoms with Crippen molar-refractivity contribution >= 4 is 11.6 Å². The Labute approximate surface area is 150 Å². The van der Waals surface area contributed by atoms with Crippen LogP contribution in [0.25, 0.3) is 0 Å². The molecule has 1 saturated heterocycles. The van der Waals surface area contributed by atoms with Gasteiger partial charge in [-0.3, -0.25) is 0 Å². The van der Waals surface area contributed by atoms with E-state index in [1.807, 2.05) is 24.3 Å². The van der Waals surface area contributed by atoms with Gasteiger partial charge in [0.1, 0.15) is 44.2 Å². The number of rotatable bonds is 9. The molecule has 1 fully saturated rings. The molecule has 5 heteroatoms. The van der Waals surface area contributed by atoms with Crippen LogP contribution in [-0.2, 0) is 15.9 Å². The number of halogens is 1. The zero-order chi connectivity index (χ0) is 17.4. The van der Waals surface area contributed by atoms with Crippen molar-refractivity contribution in [2.45, 2.75) is 32.5 Å². The molecule has 2 rings (SSSR count). The van der Waals surface area contributed by atoms with Crippen LogP contribution in [-0.4, -0.2) is 51.7 Å². The highest BCUT2D eigenvalue weighted by atomic mass is 35.5. The molecule has 1 aliphatic heterocycles. The zero-order valence-corrected chi connectivity index (χ0v) is 15.5. The van der Waals surface area contributed by atoms with Gasteiger partial charge in [-0.25, -0.2) is 0 Å². The molecular weight excluding hydrogens is 326 g/mol. The van der Waals surface area contributed by atoms with E-state index >= 15 is 0 Å². The highest BCUT2D eigenvalue weighted by molar-refractivity contribution is 6.30. The maximum absolute atomic E-state index is 6.02. The third kappa shape index (κ3) is 6.44. The lowest BCUT2D eigenvalue weighted by Gasteiger charge is -2.32. The summed E-state index contributed by atoms with van der Waals surface area (Å²) in [5, 5.41) is 0.715. The number of ether oxygens (including phenoxy) is 3. The SMILES string of the molecule is C=CCc1cc(Cl)ccc1OCCOCC[NH+]1C[C@@H](C)O[C@@H](C)C1. The lowest BCUT2D eigenvalue weighted by molar-refractivity contribution is -0.915. The van der Waals surface area contributed by atoms with Gasteiger partial charge in [0, 0.05) is 5.02 Å². The van der Waals surface area contributed by atoms with Gasteiger partial charge in [0.05, 0.1) is 13.2 Å². The Balaban J connectivity index is 1.64. The summed E-state index contributed by atoms with van der Waals surface area (Å²) in [5.41, 5.74) is 1.05. The van der Waals surface area contributed by atoms with E-state index in [0.717, 1.165) is 44.0 Å². The lowest BCUT2D eigenvalue weighted by atomic mass is 10.1. The Morgan fingerprint density at radius 3 is 2.71 bits per heavy atom. The highest BCUT2D eigenvalue weighted by Gasteiger charge is 2.24. The number of nitrogens with one attached hydrogen (secondary N) is 1. The van der Waals surface area contributed by atoms with E-state index in [9.17, 15) is 0 Å². The summed E-state index contributed by atoms with van der Waals surface area (Å²) in [5.74, 6) is 0.851. The Kier molecular flexibility index (Phi) is 8.06. The summed E-state index contributed by atoms with van der Waals surface area (Å²) in [6, 6.07) is 5.67. The third-order valence-electron chi connectivity index (χ3n) is 4.09. The molecule has 0 saturated carbocycles.